The molecule has 10 nitrogen and oxygen atoms in total. The molecule has 0 radical (unpaired) electrons. The summed E-state index contributed by atoms with van der Waals surface area (Å²) in [6.45, 7) is -1.37. The molecule has 3 fully saturated rings. The summed E-state index contributed by atoms with van der Waals surface area (Å²) < 4.78 is 72.3. The second kappa shape index (κ2) is 11.4. The van der Waals surface area contributed by atoms with E-state index in [9.17, 15) is 31.5 Å². The maximum absolute atomic E-state index is 13.7. The van der Waals surface area contributed by atoms with Crippen LogP contribution >= 0.6 is 11.3 Å². The van der Waals surface area contributed by atoms with Gasteiger partial charge in [-0.3, -0.25) is 29.7 Å². The van der Waals surface area contributed by atoms with E-state index in [4.69, 9.17) is 4.74 Å². The summed E-state index contributed by atoms with van der Waals surface area (Å²) in [5, 5.41) is 11.1. The summed E-state index contributed by atoms with van der Waals surface area (Å²) in [7, 11) is 1.30. The van der Waals surface area contributed by atoms with Crippen LogP contribution in [0.5, 0.6) is 5.75 Å². The second-order valence-corrected chi connectivity index (χ2v) is 11.6. The fourth-order valence-corrected chi connectivity index (χ4v) is 5.66. The minimum Gasteiger partial charge on any atom is -0.494 e. The number of hydrogen-bond donors (Lipinski definition) is 1. The van der Waals surface area contributed by atoms with Crippen LogP contribution < -0.4 is 15.0 Å². The number of carbonyl (C=O) groups is 2. The van der Waals surface area contributed by atoms with Gasteiger partial charge >= 0.3 is 6.18 Å². The Hall–Kier alpha value is -4.23. The molecule has 4 heterocycles. The number of rotatable bonds is 7. The average Bonchev–Trinajstić information content (AvgIpc) is 3.92. The van der Waals surface area contributed by atoms with Gasteiger partial charge in [-0.05, 0) is 43.7 Å². The lowest BCUT2D eigenvalue weighted by molar-refractivity contribution is -0.159. The van der Waals surface area contributed by atoms with E-state index in [0.29, 0.717) is 10.9 Å². The Morgan fingerprint density at radius 2 is 1.93 bits per heavy atom. The van der Waals surface area contributed by atoms with E-state index in [2.05, 4.69) is 37.3 Å². The van der Waals surface area contributed by atoms with E-state index in [1.807, 2.05) is 0 Å². The summed E-state index contributed by atoms with van der Waals surface area (Å²) in [5.74, 6) is 5.18. The van der Waals surface area contributed by atoms with Crippen LogP contribution in [-0.4, -0.2) is 75.3 Å². The summed E-state index contributed by atoms with van der Waals surface area (Å²) in [6, 6.07) is 2.43. The van der Waals surface area contributed by atoms with E-state index in [1.165, 1.54) is 24.3 Å². The van der Waals surface area contributed by atoms with Crippen LogP contribution in [-0.2, 0) is 4.79 Å². The standard InChI is InChI=1S/C28H24F5N7O3S/c1-43-20-13-34-19(23(29)30)10-17(20)16-11-21(40-9-8-39(14-28(31,32)33)27(6-7-27)25(40)42)35-12-18(16)24(41)36-26-38-37-22(44-26)5-4-15-2-3-15/h10-13,15,23H,2-3,6-9,14H2,1H3,(H,36,38,41). The SMILES string of the molecule is COc1cnc(C(F)F)cc1-c1cc(N2CCN(CC(F)(F)F)C3(CC3)C2=O)ncc1C(=O)Nc1nnc(C#CC2CC2)s1. The topological polar surface area (TPSA) is 113 Å². The van der Waals surface area contributed by atoms with Crippen molar-refractivity contribution in [1.29, 1.82) is 0 Å². The molecule has 6 rings (SSSR count). The average molecular weight is 634 g/mol. The molecule has 1 saturated heterocycles. The molecule has 0 unspecified atom stereocenters. The van der Waals surface area contributed by atoms with Crippen molar-refractivity contribution in [2.75, 3.05) is 37.0 Å². The number of nitrogens with zero attached hydrogens (tertiary/aromatic N) is 6. The van der Waals surface area contributed by atoms with Crippen molar-refractivity contribution >= 4 is 34.1 Å². The van der Waals surface area contributed by atoms with Gasteiger partial charge in [-0.15, -0.1) is 10.2 Å². The molecule has 230 valence electrons. The smallest absolute Gasteiger partial charge is 0.401 e. The Morgan fingerprint density at radius 3 is 2.59 bits per heavy atom. The van der Waals surface area contributed by atoms with Gasteiger partial charge in [-0.2, -0.15) is 13.2 Å². The van der Waals surface area contributed by atoms with Crippen LogP contribution in [0.3, 0.4) is 0 Å². The quantitative estimate of drug-likeness (QED) is 0.295. The second-order valence-electron chi connectivity index (χ2n) is 10.6. The minimum atomic E-state index is -4.48. The van der Waals surface area contributed by atoms with Crippen molar-refractivity contribution in [3.8, 4) is 28.7 Å². The zero-order valence-corrected chi connectivity index (χ0v) is 23.9. The molecular weight excluding hydrogens is 609 g/mol. The number of ether oxygens (including phenoxy) is 1. The predicted octanol–water partition coefficient (Wildman–Crippen LogP) is 4.70. The molecule has 3 aromatic heterocycles. The molecule has 16 heteroatoms. The number of pyridine rings is 2. The van der Waals surface area contributed by atoms with Crippen LogP contribution in [0.15, 0.2) is 24.5 Å². The van der Waals surface area contributed by atoms with E-state index in [0.717, 1.165) is 41.3 Å². The number of carbonyl (C=O) groups excluding carboxylic acids is 2. The fraction of sp³-hybridized carbons (Fsp3) is 0.429. The summed E-state index contributed by atoms with van der Waals surface area (Å²) in [4.78, 5) is 37.5. The molecule has 1 aliphatic heterocycles. The van der Waals surface area contributed by atoms with Crippen molar-refractivity contribution in [3.63, 3.8) is 0 Å². The maximum atomic E-state index is 13.7. The molecule has 2 saturated carbocycles. The van der Waals surface area contributed by atoms with E-state index < -0.39 is 42.2 Å². The number of methoxy groups -OCH3 is 1. The van der Waals surface area contributed by atoms with Gasteiger partial charge in [-0.1, -0.05) is 17.3 Å². The first-order chi connectivity index (χ1) is 21.0. The Labute approximate surface area is 251 Å². The number of nitrogens with one attached hydrogen (secondary N) is 1. The number of halogens is 5. The number of anilines is 2. The number of alkyl halides is 5. The molecule has 1 spiro atoms. The highest BCUT2D eigenvalue weighted by molar-refractivity contribution is 7.15. The van der Waals surface area contributed by atoms with Gasteiger partial charge in [-0.25, -0.2) is 13.8 Å². The van der Waals surface area contributed by atoms with Gasteiger partial charge in [0.05, 0.1) is 25.4 Å². The largest absolute Gasteiger partial charge is 0.494 e. The Bertz CT molecular complexity index is 1680. The molecule has 1 N–H and O–H groups in total. The highest BCUT2D eigenvalue weighted by Crippen LogP contribution is 2.47. The van der Waals surface area contributed by atoms with Crippen LogP contribution in [0.2, 0.25) is 0 Å². The van der Waals surface area contributed by atoms with Gasteiger partial charge in [0.15, 0.2) is 5.01 Å². The van der Waals surface area contributed by atoms with Gasteiger partial charge in [0.25, 0.3) is 12.3 Å². The monoisotopic (exact) mass is 633 g/mol. The first-order valence-corrected chi connectivity index (χ1v) is 14.4. The number of piperazine rings is 1. The van der Waals surface area contributed by atoms with Gasteiger partial charge in [0.1, 0.15) is 22.8 Å². The lowest BCUT2D eigenvalue weighted by Gasteiger charge is -2.41. The first-order valence-electron chi connectivity index (χ1n) is 13.6. The Balaban J connectivity index is 1.36. The lowest BCUT2D eigenvalue weighted by Crippen LogP contribution is -2.61. The summed E-state index contributed by atoms with van der Waals surface area (Å²) in [6.07, 6.45) is -2.57. The third kappa shape index (κ3) is 6.06. The number of aromatic nitrogens is 4. The summed E-state index contributed by atoms with van der Waals surface area (Å²) in [5.41, 5.74) is -1.78. The molecule has 0 bridgehead atoms. The zero-order chi connectivity index (χ0) is 31.2. The van der Waals surface area contributed by atoms with Gasteiger partial charge in [0.2, 0.25) is 11.0 Å². The molecule has 2 amide bonds. The Morgan fingerprint density at radius 1 is 1.16 bits per heavy atom. The molecule has 2 aliphatic carbocycles. The minimum absolute atomic E-state index is 0.0468. The van der Waals surface area contributed by atoms with Gasteiger partial charge < -0.3 is 4.74 Å². The Kier molecular flexibility index (Phi) is 7.70. The highest BCUT2D eigenvalue weighted by atomic mass is 32.1. The highest BCUT2D eigenvalue weighted by Gasteiger charge is 2.60. The van der Waals surface area contributed by atoms with Crippen molar-refractivity contribution < 1.29 is 36.3 Å². The van der Waals surface area contributed by atoms with Gasteiger partial charge in [0, 0.05) is 36.3 Å². The third-order valence-electron chi connectivity index (χ3n) is 7.57. The van der Waals surface area contributed by atoms with E-state index >= 15 is 0 Å². The van der Waals surface area contributed by atoms with Crippen LogP contribution in [0.4, 0.5) is 32.9 Å². The normalized spacial score (nSPS) is 17.9. The number of amides is 2. The fourth-order valence-electron chi connectivity index (χ4n) is 5.06. The van der Waals surface area contributed by atoms with E-state index in [-0.39, 0.29) is 59.3 Å². The van der Waals surface area contributed by atoms with Crippen LogP contribution in [0, 0.1) is 17.8 Å². The van der Waals surface area contributed by atoms with Crippen LogP contribution in [0.25, 0.3) is 11.1 Å². The van der Waals surface area contributed by atoms with Crippen molar-refractivity contribution in [2.24, 2.45) is 5.92 Å². The lowest BCUT2D eigenvalue weighted by atomic mass is 9.99. The van der Waals surface area contributed by atoms with Crippen molar-refractivity contribution in [2.45, 2.75) is 43.8 Å². The first kappa shape index (κ1) is 29.8. The zero-order valence-electron chi connectivity index (χ0n) is 23.1. The molecule has 3 aromatic rings. The molecular formula is C28H24F5N7O3S. The van der Waals surface area contributed by atoms with Crippen molar-refractivity contribution in [1.82, 2.24) is 25.1 Å². The van der Waals surface area contributed by atoms with Crippen molar-refractivity contribution in [3.05, 3.63) is 40.8 Å². The number of hydrogen-bond acceptors (Lipinski definition) is 9. The molecule has 0 aromatic carbocycles. The summed E-state index contributed by atoms with van der Waals surface area (Å²) >= 11 is 1.06. The maximum Gasteiger partial charge on any atom is 0.401 e. The molecule has 44 heavy (non-hydrogen) atoms. The molecule has 0 atom stereocenters. The third-order valence-corrected chi connectivity index (χ3v) is 8.33. The van der Waals surface area contributed by atoms with E-state index in [1.54, 1.807) is 0 Å². The molecule has 3 aliphatic rings. The van der Waals surface area contributed by atoms with Crippen LogP contribution in [0.1, 0.15) is 53.2 Å². The predicted molar refractivity (Wildman–Crippen MR) is 148 cm³/mol.